The second kappa shape index (κ2) is 9.87. The molecule has 0 N–H and O–H groups in total. The number of ether oxygens (including phenoxy) is 4. The average Bonchev–Trinajstić information content (AvgIpc) is 2.32. The Morgan fingerprint density at radius 3 is 1.71 bits per heavy atom. The molecular weight excluding hydrogens is 284 g/mol. The van der Waals surface area contributed by atoms with Crippen molar-refractivity contribution in [3.8, 4) is 0 Å². The van der Waals surface area contributed by atoms with Crippen LogP contribution < -0.4 is 0 Å². The van der Waals surface area contributed by atoms with E-state index < -0.39 is 30.5 Å². The summed E-state index contributed by atoms with van der Waals surface area (Å²) in [7, 11) is 0. The summed E-state index contributed by atoms with van der Waals surface area (Å²) in [5, 5.41) is 0. The monoisotopic (exact) mass is 304 g/mol. The average molecular weight is 304 g/mol. The number of hydrogen-bond acceptors (Lipinski definition) is 8. The Morgan fingerprint density at radius 2 is 1.29 bits per heavy atom. The first-order chi connectivity index (χ1) is 9.70. The number of hydrogen-bond donors (Lipinski definition) is 0. The van der Waals surface area contributed by atoms with Crippen LogP contribution in [0.4, 0.5) is 0 Å². The highest BCUT2D eigenvalue weighted by atomic mass is 16.7. The number of ketones is 1. The van der Waals surface area contributed by atoms with E-state index in [0.29, 0.717) is 0 Å². The summed E-state index contributed by atoms with van der Waals surface area (Å²) in [5.74, 6) is -2.13. The van der Waals surface area contributed by atoms with Gasteiger partial charge in [0.1, 0.15) is 6.61 Å². The Kier molecular flexibility index (Phi) is 8.95. The molecule has 0 bridgehead atoms. The first-order valence-corrected chi connectivity index (χ1v) is 6.38. The molecule has 21 heavy (non-hydrogen) atoms. The zero-order valence-corrected chi connectivity index (χ0v) is 12.5. The van der Waals surface area contributed by atoms with Crippen LogP contribution in [0.3, 0.4) is 0 Å². The predicted octanol–water partition coefficient (Wildman–Crippen LogP) is 0.714. The van der Waals surface area contributed by atoms with Crippen LogP contribution in [0, 0.1) is 0 Å². The van der Waals surface area contributed by atoms with Crippen molar-refractivity contribution < 1.29 is 38.1 Å². The quantitative estimate of drug-likeness (QED) is 0.453. The first-order valence-electron chi connectivity index (χ1n) is 6.38. The van der Waals surface area contributed by atoms with E-state index in [1.54, 1.807) is 0 Å². The molecule has 2 atom stereocenters. The topological polar surface area (TPSA) is 105 Å². The SMILES string of the molecule is CC(=O)COC(C)OC(=O)CCC(=O)OC(C)OC(C)=O. The van der Waals surface area contributed by atoms with Crippen molar-refractivity contribution in [2.45, 2.75) is 53.1 Å². The highest BCUT2D eigenvalue weighted by Crippen LogP contribution is 2.03. The van der Waals surface area contributed by atoms with E-state index in [1.165, 1.54) is 27.7 Å². The van der Waals surface area contributed by atoms with Gasteiger partial charge in [-0.1, -0.05) is 0 Å². The lowest BCUT2D eigenvalue weighted by atomic mass is 10.3. The lowest BCUT2D eigenvalue weighted by Gasteiger charge is -2.14. The molecule has 0 aromatic rings. The zero-order chi connectivity index (χ0) is 16.4. The molecule has 0 radical (unpaired) electrons. The molecule has 0 saturated carbocycles. The van der Waals surface area contributed by atoms with Crippen LogP contribution in [-0.2, 0) is 38.1 Å². The lowest BCUT2D eigenvalue weighted by Crippen LogP contribution is -2.23. The van der Waals surface area contributed by atoms with E-state index in [2.05, 4.69) is 4.74 Å². The molecule has 120 valence electrons. The van der Waals surface area contributed by atoms with Gasteiger partial charge in [-0.15, -0.1) is 0 Å². The Morgan fingerprint density at radius 1 is 0.810 bits per heavy atom. The second-order valence-electron chi connectivity index (χ2n) is 4.24. The Bertz CT molecular complexity index is 390. The Hall–Kier alpha value is -1.96. The molecule has 0 rings (SSSR count). The summed E-state index contributed by atoms with van der Waals surface area (Å²) >= 11 is 0. The third-order valence-corrected chi connectivity index (χ3v) is 1.98. The van der Waals surface area contributed by atoms with E-state index in [1.807, 2.05) is 0 Å². The fraction of sp³-hybridized carbons (Fsp3) is 0.692. The lowest BCUT2D eigenvalue weighted by molar-refractivity contribution is -0.186. The minimum atomic E-state index is -1.01. The normalized spacial score (nSPS) is 13.0. The molecule has 8 heteroatoms. The molecular formula is C13H20O8. The van der Waals surface area contributed by atoms with Crippen LogP contribution in [0.5, 0.6) is 0 Å². The van der Waals surface area contributed by atoms with Crippen molar-refractivity contribution >= 4 is 23.7 Å². The van der Waals surface area contributed by atoms with Crippen molar-refractivity contribution in [1.82, 2.24) is 0 Å². The van der Waals surface area contributed by atoms with Crippen LogP contribution in [0.15, 0.2) is 0 Å². The highest BCUT2D eigenvalue weighted by Gasteiger charge is 2.16. The number of carbonyl (C=O) groups is 4. The van der Waals surface area contributed by atoms with Crippen LogP contribution in [0.1, 0.15) is 40.5 Å². The first kappa shape index (κ1) is 19.0. The summed E-state index contributed by atoms with van der Waals surface area (Å²) in [4.78, 5) is 44.0. The van der Waals surface area contributed by atoms with Gasteiger partial charge in [-0.05, 0) is 13.8 Å². The van der Waals surface area contributed by atoms with E-state index in [9.17, 15) is 19.2 Å². The predicted molar refractivity (Wildman–Crippen MR) is 68.7 cm³/mol. The molecule has 0 aliphatic carbocycles. The maximum atomic E-state index is 11.4. The van der Waals surface area contributed by atoms with Gasteiger partial charge < -0.3 is 18.9 Å². The van der Waals surface area contributed by atoms with Crippen molar-refractivity contribution in [2.24, 2.45) is 0 Å². The third kappa shape index (κ3) is 11.6. The van der Waals surface area contributed by atoms with Gasteiger partial charge in [0, 0.05) is 13.8 Å². The van der Waals surface area contributed by atoms with Gasteiger partial charge in [-0.3, -0.25) is 19.2 Å². The van der Waals surface area contributed by atoms with Crippen LogP contribution in [0.2, 0.25) is 0 Å². The molecule has 0 spiro atoms. The van der Waals surface area contributed by atoms with Gasteiger partial charge in [0.25, 0.3) is 0 Å². The minimum absolute atomic E-state index is 0.156. The van der Waals surface area contributed by atoms with Crippen LogP contribution in [-0.4, -0.2) is 42.9 Å². The molecule has 0 aromatic heterocycles. The minimum Gasteiger partial charge on any atom is -0.436 e. The number of carbonyl (C=O) groups excluding carboxylic acids is 4. The zero-order valence-electron chi connectivity index (χ0n) is 12.5. The van der Waals surface area contributed by atoms with E-state index >= 15 is 0 Å². The molecule has 0 aliphatic heterocycles. The summed E-state index contributed by atoms with van der Waals surface area (Å²) in [6.07, 6.45) is -2.32. The second-order valence-corrected chi connectivity index (χ2v) is 4.24. The molecule has 0 amide bonds. The molecule has 0 saturated heterocycles. The molecule has 0 aliphatic rings. The van der Waals surface area contributed by atoms with Crippen molar-refractivity contribution in [1.29, 1.82) is 0 Å². The Labute approximate surface area is 122 Å². The molecule has 2 unspecified atom stereocenters. The largest absolute Gasteiger partial charge is 0.436 e. The van der Waals surface area contributed by atoms with Crippen LogP contribution in [0.25, 0.3) is 0 Å². The maximum Gasteiger partial charge on any atom is 0.309 e. The fourth-order valence-electron chi connectivity index (χ4n) is 1.22. The van der Waals surface area contributed by atoms with Crippen molar-refractivity contribution in [3.63, 3.8) is 0 Å². The Balaban J connectivity index is 3.88. The number of rotatable bonds is 9. The van der Waals surface area contributed by atoms with Gasteiger partial charge in [0.2, 0.25) is 12.6 Å². The molecule has 0 fully saturated rings. The fourth-order valence-corrected chi connectivity index (χ4v) is 1.22. The van der Waals surface area contributed by atoms with E-state index in [4.69, 9.17) is 14.2 Å². The summed E-state index contributed by atoms with van der Waals surface area (Å²) in [6.45, 7) is 5.21. The van der Waals surface area contributed by atoms with Gasteiger partial charge in [0.15, 0.2) is 5.78 Å². The molecule has 8 nitrogen and oxygen atoms in total. The third-order valence-electron chi connectivity index (χ3n) is 1.98. The van der Waals surface area contributed by atoms with Crippen LogP contribution >= 0.6 is 0 Å². The summed E-state index contributed by atoms with van der Waals surface area (Å²) in [5.41, 5.74) is 0. The van der Waals surface area contributed by atoms with E-state index in [0.717, 1.165) is 0 Å². The van der Waals surface area contributed by atoms with Gasteiger partial charge in [0.05, 0.1) is 12.8 Å². The van der Waals surface area contributed by atoms with Gasteiger partial charge in [-0.2, -0.15) is 0 Å². The number of Topliss-reactive ketones (excluding diaryl/α,β-unsaturated/α-hetero) is 1. The van der Waals surface area contributed by atoms with Gasteiger partial charge >= 0.3 is 17.9 Å². The standard InChI is InChI=1S/C13H20O8/c1-8(14)7-18-10(3)20-12(16)5-6-13(17)21-11(4)19-9(2)15/h10-11H,5-7H2,1-4H3. The van der Waals surface area contributed by atoms with Crippen molar-refractivity contribution in [3.05, 3.63) is 0 Å². The highest BCUT2D eigenvalue weighted by molar-refractivity contribution is 5.78. The summed E-state index contributed by atoms with van der Waals surface area (Å²) in [6, 6.07) is 0. The molecule has 0 heterocycles. The van der Waals surface area contributed by atoms with Crippen molar-refractivity contribution in [2.75, 3.05) is 6.61 Å². The smallest absolute Gasteiger partial charge is 0.309 e. The van der Waals surface area contributed by atoms with E-state index in [-0.39, 0.29) is 25.2 Å². The summed E-state index contributed by atoms with van der Waals surface area (Å²) < 4.78 is 19.1. The van der Waals surface area contributed by atoms with Gasteiger partial charge in [-0.25, -0.2) is 0 Å². The number of esters is 3. The maximum absolute atomic E-state index is 11.4. The molecule has 0 aromatic carbocycles.